The minimum atomic E-state index is -0.146. The zero-order valence-corrected chi connectivity index (χ0v) is 13.4. The van der Waals surface area contributed by atoms with Crippen LogP contribution in [0.4, 0.5) is 0 Å². The van der Waals surface area contributed by atoms with Crippen molar-refractivity contribution in [1.29, 1.82) is 0 Å². The Morgan fingerprint density at radius 3 is 2.75 bits per heavy atom. The third-order valence-electron chi connectivity index (χ3n) is 3.09. The van der Waals surface area contributed by atoms with E-state index in [0.29, 0.717) is 10.3 Å². The van der Waals surface area contributed by atoms with Gasteiger partial charge in [-0.05, 0) is 53.0 Å². The molecule has 0 fully saturated rings. The van der Waals surface area contributed by atoms with Crippen LogP contribution < -0.4 is 10.3 Å². The number of aromatic amines is 1. The van der Waals surface area contributed by atoms with Crippen LogP contribution in [0.15, 0.2) is 27.5 Å². The fraction of sp³-hybridized carbons (Fsp3) is 0.333. The molecule has 106 valence electrons. The molecule has 1 aromatic heterocycles. The average molecular weight is 337 g/mol. The summed E-state index contributed by atoms with van der Waals surface area (Å²) in [6.45, 7) is 4.03. The summed E-state index contributed by atoms with van der Waals surface area (Å²) in [6.07, 6.45) is 1.71. The second-order valence-corrected chi connectivity index (χ2v) is 5.40. The number of benzene rings is 1. The summed E-state index contributed by atoms with van der Waals surface area (Å²) in [5, 5.41) is 0. The Hall–Kier alpha value is -1.62. The van der Waals surface area contributed by atoms with E-state index in [-0.39, 0.29) is 5.56 Å². The molecule has 4 nitrogen and oxygen atoms in total. The highest BCUT2D eigenvalue weighted by Gasteiger charge is 2.10. The molecule has 0 aliphatic carbocycles. The first-order chi connectivity index (χ1) is 9.56. The van der Waals surface area contributed by atoms with Gasteiger partial charge >= 0.3 is 0 Å². The highest BCUT2D eigenvalue weighted by molar-refractivity contribution is 9.10. The summed E-state index contributed by atoms with van der Waals surface area (Å²) >= 11 is 3.30. The third-order valence-corrected chi connectivity index (χ3v) is 3.90. The lowest BCUT2D eigenvalue weighted by atomic mass is 10.1. The van der Waals surface area contributed by atoms with Gasteiger partial charge in [0.2, 0.25) is 0 Å². The molecule has 0 amide bonds. The van der Waals surface area contributed by atoms with Crippen LogP contribution in [0.2, 0.25) is 0 Å². The number of H-pyrrole nitrogens is 1. The van der Waals surface area contributed by atoms with Crippen molar-refractivity contribution in [1.82, 2.24) is 9.97 Å². The molecule has 0 saturated carbocycles. The summed E-state index contributed by atoms with van der Waals surface area (Å²) in [5.41, 5.74) is 2.53. The first kappa shape index (κ1) is 14.8. The van der Waals surface area contributed by atoms with Crippen LogP contribution in [0.5, 0.6) is 5.75 Å². The molecule has 0 unspecified atom stereocenters. The van der Waals surface area contributed by atoms with Crippen LogP contribution in [-0.4, -0.2) is 17.1 Å². The van der Waals surface area contributed by atoms with E-state index < -0.39 is 0 Å². The third kappa shape index (κ3) is 2.93. The van der Waals surface area contributed by atoms with Crippen molar-refractivity contribution in [2.45, 2.75) is 26.7 Å². The van der Waals surface area contributed by atoms with Gasteiger partial charge in [0.05, 0.1) is 12.8 Å². The van der Waals surface area contributed by atoms with Crippen molar-refractivity contribution in [2.24, 2.45) is 0 Å². The average Bonchev–Trinajstić information content (AvgIpc) is 2.43. The number of ether oxygens (including phenoxy) is 1. The summed E-state index contributed by atoms with van der Waals surface area (Å²) in [4.78, 5) is 19.3. The van der Waals surface area contributed by atoms with E-state index in [1.165, 1.54) is 0 Å². The van der Waals surface area contributed by atoms with Crippen molar-refractivity contribution in [2.75, 3.05) is 7.11 Å². The molecular formula is C15H17BrN2O2. The quantitative estimate of drug-likeness (QED) is 0.929. The lowest BCUT2D eigenvalue weighted by Crippen LogP contribution is -2.13. The van der Waals surface area contributed by atoms with Gasteiger partial charge in [-0.2, -0.15) is 0 Å². The number of nitrogens with zero attached hydrogens (tertiary/aromatic N) is 1. The van der Waals surface area contributed by atoms with Gasteiger partial charge in [-0.15, -0.1) is 0 Å². The lowest BCUT2D eigenvalue weighted by molar-refractivity contribution is 0.412. The Kier molecular flexibility index (Phi) is 4.60. The monoisotopic (exact) mass is 336 g/mol. The standard InChI is InChI=1S/C15H17BrN2O2/c1-4-5-11-13(16)15(19)18-14(17-11)10-6-7-12(20-3)9(2)8-10/h6-8H,4-5H2,1-3H3,(H,17,18,19). The normalized spacial score (nSPS) is 10.6. The van der Waals surface area contributed by atoms with E-state index in [1.54, 1.807) is 7.11 Å². The first-order valence-corrected chi connectivity index (χ1v) is 7.29. The predicted octanol–water partition coefficient (Wildman–Crippen LogP) is 3.47. The second-order valence-electron chi connectivity index (χ2n) is 4.61. The van der Waals surface area contributed by atoms with Crippen LogP contribution >= 0.6 is 15.9 Å². The minimum absolute atomic E-state index is 0.146. The molecule has 0 spiro atoms. The molecule has 2 rings (SSSR count). The van der Waals surface area contributed by atoms with E-state index in [9.17, 15) is 4.79 Å². The van der Waals surface area contributed by atoms with Crippen LogP contribution in [-0.2, 0) is 6.42 Å². The number of nitrogens with one attached hydrogen (secondary N) is 1. The summed E-state index contributed by atoms with van der Waals surface area (Å²) < 4.78 is 5.76. The maximum Gasteiger partial charge on any atom is 0.265 e. The van der Waals surface area contributed by atoms with Gasteiger partial charge in [0.15, 0.2) is 0 Å². The fourth-order valence-electron chi connectivity index (χ4n) is 2.07. The molecular weight excluding hydrogens is 320 g/mol. The van der Waals surface area contributed by atoms with Gasteiger partial charge in [-0.1, -0.05) is 13.3 Å². The molecule has 20 heavy (non-hydrogen) atoms. The first-order valence-electron chi connectivity index (χ1n) is 6.50. The highest BCUT2D eigenvalue weighted by Crippen LogP contribution is 2.24. The summed E-state index contributed by atoms with van der Waals surface area (Å²) in [7, 11) is 1.64. The van der Waals surface area contributed by atoms with Crippen molar-refractivity contribution < 1.29 is 4.74 Å². The molecule has 0 aliphatic rings. The van der Waals surface area contributed by atoms with E-state index in [4.69, 9.17) is 4.74 Å². The van der Waals surface area contributed by atoms with Gasteiger partial charge in [0.25, 0.3) is 5.56 Å². The number of rotatable bonds is 4. The number of aryl methyl sites for hydroxylation is 2. The zero-order valence-electron chi connectivity index (χ0n) is 11.8. The van der Waals surface area contributed by atoms with Gasteiger partial charge < -0.3 is 9.72 Å². The maximum absolute atomic E-state index is 11.9. The van der Waals surface area contributed by atoms with Crippen LogP contribution in [0.1, 0.15) is 24.6 Å². The largest absolute Gasteiger partial charge is 0.496 e. The number of aromatic nitrogens is 2. The number of halogens is 1. The molecule has 0 bridgehead atoms. The number of hydrogen-bond donors (Lipinski definition) is 1. The number of methoxy groups -OCH3 is 1. The van der Waals surface area contributed by atoms with Crippen LogP contribution in [0.25, 0.3) is 11.4 Å². The molecule has 1 heterocycles. The van der Waals surface area contributed by atoms with Gasteiger partial charge in [0, 0.05) is 5.56 Å². The summed E-state index contributed by atoms with van der Waals surface area (Å²) in [5.74, 6) is 1.41. The summed E-state index contributed by atoms with van der Waals surface area (Å²) in [6, 6.07) is 5.74. The van der Waals surface area contributed by atoms with Gasteiger partial charge in [-0.25, -0.2) is 4.98 Å². The van der Waals surface area contributed by atoms with Crippen molar-refractivity contribution in [3.05, 3.63) is 44.3 Å². The predicted molar refractivity (Wildman–Crippen MR) is 83.3 cm³/mol. The topological polar surface area (TPSA) is 55.0 Å². The second kappa shape index (κ2) is 6.22. The Labute approximate surface area is 126 Å². The molecule has 0 aliphatic heterocycles. The van der Waals surface area contributed by atoms with Gasteiger partial charge in [-0.3, -0.25) is 4.79 Å². The van der Waals surface area contributed by atoms with E-state index in [0.717, 1.165) is 35.4 Å². The van der Waals surface area contributed by atoms with E-state index in [2.05, 4.69) is 32.8 Å². The van der Waals surface area contributed by atoms with Crippen molar-refractivity contribution >= 4 is 15.9 Å². The Bertz CT molecular complexity index is 680. The highest BCUT2D eigenvalue weighted by atomic mass is 79.9. The molecule has 5 heteroatoms. The smallest absolute Gasteiger partial charge is 0.265 e. The van der Waals surface area contributed by atoms with E-state index >= 15 is 0 Å². The molecule has 2 aromatic rings. The fourth-order valence-corrected chi connectivity index (χ4v) is 2.46. The van der Waals surface area contributed by atoms with Crippen LogP contribution in [0.3, 0.4) is 0 Å². The molecule has 0 radical (unpaired) electrons. The molecule has 0 atom stereocenters. The molecule has 1 N–H and O–H groups in total. The lowest BCUT2D eigenvalue weighted by Gasteiger charge is -2.09. The zero-order chi connectivity index (χ0) is 14.7. The SMILES string of the molecule is CCCc1nc(-c2ccc(OC)c(C)c2)[nH]c(=O)c1Br. The Morgan fingerprint density at radius 2 is 2.15 bits per heavy atom. The maximum atomic E-state index is 11.9. The van der Waals surface area contributed by atoms with Crippen molar-refractivity contribution in [3.8, 4) is 17.1 Å². The van der Waals surface area contributed by atoms with Crippen molar-refractivity contribution in [3.63, 3.8) is 0 Å². The van der Waals surface area contributed by atoms with E-state index in [1.807, 2.05) is 25.1 Å². The number of hydrogen-bond acceptors (Lipinski definition) is 3. The van der Waals surface area contributed by atoms with Gasteiger partial charge in [0.1, 0.15) is 16.0 Å². The minimum Gasteiger partial charge on any atom is -0.496 e. The van der Waals surface area contributed by atoms with Crippen LogP contribution in [0, 0.1) is 6.92 Å². The molecule has 1 aromatic carbocycles. The Balaban J connectivity index is 2.52. The Morgan fingerprint density at radius 1 is 1.40 bits per heavy atom. The molecule has 0 saturated heterocycles.